The van der Waals surface area contributed by atoms with E-state index in [4.69, 9.17) is 0 Å². The van der Waals surface area contributed by atoms with Gasteiger partial charge in [0.05, 0.1) is 0 Å². The molecule has 0 bridgehead atoms. The molecule has 2 aromatic rings. The standard InChI is InChI=1S/C18H23NS/c1-3-12-19-18(14-8-9-14)17-11-10-16(20-17)15-7-5-4-6-13(15)2/h4-7,10-11,14,18-19H,3,8-9,12H2,1-2H3. The average Bonchev–Trinajstić information content (AvgIpc) is 3.18. The molecule has 3 rings (SSSR count). The zero-order chi connectivity index (χ0) is 13.9. The van der Waals surface area contributed by atoms with Gasteiger partial charge in [0.1, 0.15) is 0 Å². The van der Waals surface area contributed by atoms with Gasteiger partial charge in [-0.05, 0) is 61.9 Å². The maximum atomic E-state index is 3.74. The molecule has 1 saturated carbocycles. The Kier molecular flexibility index (Phi) is 4.23. The third kappa shape index (κ3) is 2.97. The minimum Gasteiger partial charge on any atom is -0.309 e. The molecule has 0 saturated heterocycles. The molecule has 2 heteroatoms. The Morgan fingerprint density at radius 1 is 1.20 bits per heavy atom. The summed E-state index contributed by atoms with van der Waals surface area (Å²) in [5.41, 5.74) is 2.75. The van der Waals surface area contributed by atoms with E-state index >= 15 is 0 Å². The number of nitrogens with one attached hydrogen (secondary N) is 1. The van der Waals surface area contributed by atoms with Crippen LogP contribution in [0.15, 0.2) is 36.4 Å². The van der Waals surface area contributed by atoms with Crippen LogP contribution in [0.1, 0.15) is 42.7 Å². The van der Waals surface area contributed by atoms with Crippen molar-refractivity contribution < 1.29 is 0 Å². The first-order chi connectivity index (χ1) is 9.79. The topological polar surface area (TPSA) is 12.0 Å². The van der Waals surface area contributed by atoms with E-state index in [9.17, 15) is 0 Å². The van der Waals surface area contributed by atoms with Gasteiger partial charge in [-0.15, -0.1) is 11.3 Å². The summed E-state index contributed by atoms with van der Waals surface area (Å²) in [7, 11) is 0. The second kappa shape index (κ2) is 6.11. The Balaban J connectivity index is 1.83. The number of thiophene rings is 1. The van der Waals surface area contributed by atoms with Gasteiger partial charge in [-0.2, -0.15) is 0 Å². The number of aryl methyl sites for hydroxylation is 1. The Labute approximate surface area is 126 Å². The molecule has 1 atom stereocenters. The molecule has 106 valence electrons. The minimum absolute atomic E-state index is 0.581. The molecule has 1 aliphatic rings. The Bertz CT molecular complexity index is 568. The molecule has 1 unspecified atom stereocenters. The summed E-state index contributed by atoms with van der Waals surface area (Å²) >= 11 is 1.96. The van der Waals surface area contributed by atoms with Crippen LogP contribution in [0, 0.1) is 12.8 Å². The highest BCUT2D eigenvalue weighted by Crippen LogP contribution is 2.44. The lowest BCUT2D eigenvalue weighted by atomic mass is 10.1. The Morgan fingerprint density at radius 2 is 2.00 bits per heavy atom. The van der Waals surface area contributed by atoms with Crippen molar-refractivity contribution in [3.8, 4) is 10.4 Å². The summed E-state index contributed by atoms with van der Waals surface area (Å²) in [6.07, 6.45) is 3.98. The van der Waals surface area contributed by atoms with Crippen LogP contribution in [-0.4, -0.2) is 6.54 Å². The minimum atomic E-state index is 0.581. The molecular weight excluding hydrogens is 262 g/mol. The van der Waals surface area contributed by atoms with Crippen molar-refractivity contribution in [3.05, 3.63) is 46.8 Å². The fourth-order valence-electron chi connectivity index (χ4n) is 2.74. The highest BCUT2D eigenvalue weighted by Gasteiger charge is 2.32. The van der Waals surface area contributed by atoms with Gasteiger partial charge in [-0.1, -0.05) is 31.2 Å². The van der Waals surface area contributed by atoms with Gasteiger partial charge in [-0.3, -0.25) is 0 Å². The number of hydrogen-bond donors (Lipinski definition) is 1. The maximum Gasteiger partial charge on any atom is 0.0443 e. The van der Waals surface area contributed by atoms with E-state index in [1.807, 2.05) is 11.3 Å². The normalized spacial score (nSPS) is 16.3. The first-order valence-corrected chi connectivity index (χ1v) is 8.50. The summed E-state index contributed by atoms with van der Waals surface area (Å²) in [4.78, 5) is 2.92. The van der Waals surface area contributed by atoms with Gasteiger partial charge in [0.2, 0.25) is 0 Å². The molecular formula is C18H23NS. The predicted octanol–water partition coefficient (Wildman–Crippen LogP) is 5.17. The van der Waals surface area contributed by atoms with Gasteiger partial charge < -0.3 is 5.32 Å². The van der Waals surface area contributed by atoms with Crippen LogP contribution >= 0.6 is 11.3 Å². The fraction of sp³-hybridized carbons (Fsp3) is 0.444. The van der Waals surface area contributed by atoms with Crippen molar-refractivity contribution in [2.45, 2.75) is 39.2 Å². The van der Waals surface area contributed by atoms with Crippen molar-refractivity contribution in [2.24, 2.45) is 5.92 Å². The third-order valence-electron chi connectivity index (χ3n) is 4.05. The molecule has 1 aliphatic carbocycles. The van der Waals surface area contributed by atoms with E-state index in [2.05, 4.69) is 55.6 Å². The van der Waals surface area contributed by atoms with Crippen LogP contribution in [0.2, 0.25) is 0 Å². The van der Waals surface area contributed by atoms with Crippen molar-refractivity contribution in [3.63, 3.8) is 0 Å². The molecule has 0 amide bonds. The molecule has 20 heavy (non-hydrogen) atoms. The predicted molar refractivity (Wildman–Crippen MR) is 88.3 cm³/mol. The molecule has 1 nitrogen and oxygen atoms in total. The van der Waals surface area contributed by atoms with Gasteiger partial charge in [-0.25, -0.2) is 0 Å². The molecule has 1 aromatic carbocycles. The monoisotopic (exact) mass is 285 g/mol. The molecule has 0 aliphatic heterocycles. The lowest BCUT2D eigenvalue weighted by Gasteiger charge is -2.16. The first-order valence-electron chi connectivity index (χ1n) is 7.68. The van der Waals surface area contributed by atoms with Crippen molar-refractivity contribution in [1.29, 1.82) is 0 Å². The summed E-state index contributed by atoms with van der Waals surface area (Å²) in [5.74, 6) is 0.866. The number of hydrogen-bond acceptors (Lipinski definition) is 2. The quantitative estimate of drug-likeness (QED) is 0.771. The van der Waals surface area contributed by atoms with E-state index in [-0.39, 0.29) is 0 Å². The molecule has 1 N–H and O–H groups in total. The van der Waals surface area contributed by atoms with Crippen LogP contribution in [0.4, 0.5) is 0 Å². The average molecular weight is 285 g/mol. The third-order valence-corrected chi connectivity index (χ3v) is 5.25. The highest BCUT2D eigenvalue weighted by atomic mass is 32.1. The van der Waals surface area contributed by atoms with E-state index in [1.54, 1.807) is 0 Å². The van der Waals surface area contributed by atoms with Gasteiger partial charge in [0, 0.05) is 15.8 Å². The summed E-state index contributed by atoms with van der Waals surface area (Å²) < 4.78 is 0. The smallest absolute Gasteiger partial charge is 0.0443 e. The number of benzene rings is 1. The molecule has 0 radical (unpaired) electrons. The Hall–Kier alpha value is -1.12. The zero-order valence-electron chi connectivity index (χ0n) is 12.4. The van der Waals surface area contributed by atoms with E-state index in [1.165, 1.54) is 40.1 Å². The SMILES string of the molecule is CCCNC(c1ccc(-c2ccccc2C)s1)C1CC1. The molecule has 0 spiro atoms. The summed E-state index contributed by atoms with van der Waals surface area (Å²) in [6, 6.07) is 13.9. The summed E-state index contributed by atoms with van der Waals surface area (Å²) in [6.45, 7) is 5.56. The molecule has 1 fully saturated rings. The second-order valence-electron chi connectivity index (χ2n) is 5.79. The van der Waals surface area contributed by atoms with Crippen LogP contribution in [0.5, 0.6) is 0 Å². The van der Waals surface area contributed by atoms with Crippen LogP contribution in [0.3, 0.4) is 0 Å². The fourth-order valence-corrected chi connectivity index (χ4v) is 4.01. The lowest BCUT2D eigenvalue weighted by molar-refractivity contribution is 0.488. The van der Waals surface area contributed by atoms with Crippen LogP contribution in [0.25, 0.3) is 10.4 Å². The van der Waals surface area contributed by atoms with Crippen molar-refractivity contribution >= 4 is 11.3 Å². The van der Waals surface area contributed by atoms with Crippen molar-refractivity contribution in [2.75, 3.05) is 6.54 Å². The van der Waals surface area contributed by atoms with E-state index in [0.29, 0.717) is 6.04 Å². The first kappa shape index (κ1) is 13.8. The Morgan fingerprint density at radius 3 is 2.70 bits per heavy atom. The van der Waals surface area contributed by atoms with Gasteiger partial charge in [0.25, 0.3) is 0 Å². The van der Waals surface area contributed by atoms with Gasteiger partial charge >= 0.3 is 0 Å². The largest absolute Gasteiger partial charge is 0.309 e. The van der Waals surface area contributed by atoms with Crippen LogP contribution < -0.4 is 5.32 Å². The van der Waals surface area contributed by atoms with E-state index < -0.39 is 0 Å². The van der Waals surface area contributed by atoms with Gasteiger partial charge in [0.15, 0.2) is 0 Å². The maximum absolute atomic E-state index is 3.74. The molecule has 1 aromatic heterocycles. The lowest BCUT2D eigenvalue weighted by Crippen LogP contribution is -2.22. The summed E-state index contributed by atoms with van der Waals surface area (Å²) in [5, 5.41) is 3.74. The van der Waals surface area contributed by atoms with Crippen LogP contribution in [-0.2, 0) is 0 Å². The molecule has 1 heterocycles. The van der Waals surface area contributed by atoms with Crippen molar-refractivity contribution in [1.82, 2.24) is 5.32 Å². The van der Waals surface area contributed by atoms with E-state index in [0.717, 1.165) is 12.5 Å². The highest BCUT2D eigenvalue weighted by molar-refractivity contribution is 7.15. The second-order valence-corrected chi connectivity index (χ2v) is 6.90. The number of rotatable bonds is 6. The zero-order valence-corrected chi connectivity index (χ0v) is 13.2.